The molecule has 0 aromatic rings. The van der Waals surface area contributed by atoms with Gasteiger partial charge in [-0.05, 0) is 12.8 Å². The van der Waals surface area contributed by atoms with Gasteiger partial charge in [-0.3, -0.25) is 0 Å². The summed E-state index contributed by atoms with van der Waals surface area (Å²) in [6.07, 6.45) is -26.3. The van der Waals surface area contributed by atoms with E-state index >= 15 is 0 Å². The maximum Gasteiger partial charge on any atom is 0.493 e. The minimum atomic E-state index is -6.50. The summed E-state index contributed by atoms with van der Waals surface area (Å²) in [6.45, 7) is -2.57. The Kier molecular flexibility index (Phi) is 5.94. The van der Waals surface area contributed by atoms with Crippen LogP contribution in [0.15, 0.2) is 11.6 Å². The zero-order chi connectivity index (χ0) is 20.7. The normalized spacial score (nSPS) is 19.5. The van der Waals surface area contributed by atoms with Crippen molar-refractivity contribution in [3.8, 4) is 0 Å². The summed E-state index contributed by atoms with van der Waals surface area (Å²) >= 11 is 0. The molecule has 1 heterocycles. The van der Waals surface area contributed by atoms with Crippen molar-refractivity contribution in [1.82, 2.24) is 9.80 Å². The van der Waals surface area contributed by atoms with Crippen LogP contribution >= 0.6 is 0 Å². The summed E-state index contributed by atoms with van der Waals surface area (Å²) in [5, 5.41) is 0. The first kappa shape index (κ1) is 22.5. The molecular weight excluding hydrogens is 407 g/mol. The van der Waals surface area contributed by atoms with E-state index in [1.807, 2.05) is 0 Å². The molecule has 0 radical (unpaired) electrons. The topological polar surface area (TPSA) is 6.48 Å². The predicted molar refractivity (Wildman–Crippen MR) is 58.5 cm³/mol. The van der Waals surface area contributed by atoms with Gasteiger partial charge < -0.3 is 4.90 Å². The molecule has 0 saturated carbocycles. The molecule has 2 nitrogen and oxygen atoms in total. The maximum absolute atomic E-state index is 13.4. The first-order chi connectivity index (χ1) is 11.4. The SMILES string of the molecule is F/C(=C(\N1CCC(C(F)(F)F)CC1)N(C(F)(F)F)C(F)(F)F)C(F)(F)F. The zero-order valence-corrected chi connectivity index (χ0v) is 12.2. The number of piperidine rings is 1. The molecule has 1 fully saturated rings. The number of halogens is 13. The van der Waals surface area contributed by atoms with Gasteiger partial charge in [0.1, 0.15) is 0 Å². The largest absolute Gasteiger partial charge is 0.493 e. The summed E-state index contributed by atoms with van der Waals surface area (Å²) in [6, 6.07) is 0. The Balaban J connectivity index is 3.38. The van der Waals surface area contributed by atoms with E-state index in [1.54, 1.807) is 0 Å². The molecule has 0 spiro atoms. The van der Waals surface area contributed by atoms with Crippen LogP contribution in [0.5, 0.6) is 0 Å². The minimum Gasteiger partial charge on any atom is -0.355 e. The Labute approximate surface area is 136 Å². The predicted octanol–water partition coefficient (Wildman–Crippen LogP) is 5.30. The van der Waals surface area contributed by atoms with Crippen molar-refractivity contribution in [2.75, 3.05) is 13.1 Å². The third-order valence-electron chi connectivity index (χ3n) is 3.42. The lowest BCUT2D eigenvalue weighted by Crippen LogP contribution is -2.54. The lowest BCUT2D eigenvalue weighted by atomic mass is 9.96. The van der Waals surface area contributed by atoms with Gasteiger partial charge in [0.2, 0.25) is 5.83 Å². The highest BCUT2D eigenvalue weighted by Gasteiger charge is 2.59. The van der Waals surface area contributed by atoms with Crippen LogP contribution in [0, 0.1) is 5.92 Å². The molecule has 0 atom stereocenters. The first-order valence-electron chi connectivity index (χ1n) is 6.59. The molecule has 0 unspecified atom stereocenters. The highest BCUT2D eigenvalue weighted by atomic mass is 19.4. The van der Waals surface area contributed by atoms with Gasteiger partial charge >= 0.3 is 25.0 Å². The number of hydrogen-bond acceptors (Lipinski definition) is 2. The Hall–Kier alpha value is -1.57. The van der Waals surface area contributed by atoms with E-state index in [9.17, 15) is 57.1 Å². The summed E-state index contributed by atoms with van der Waals surface area (Å²) < 4.78 is 164. The minimum absolute atomic E-state index is 0.341. The van der Waals surface area contributed by atoms with E-state index in [0.29, 0.717) is 0 Å². The van der Waals surface area contributed by atoms with Crippen LogP contribution < -0.4 is 0 Å². The Bertz CT molecular complexity index is 502. The highest BCUT2D eigenvalue weighted by molar-refractivity contribution is 5.13. The summed E-state index contributed by atoms with van der Waals surface area (Å²) in [7, 11) is 0. The van der Waals surface area contributed by atoms with Crippen LogP contribution in [0.3, 0.4) is 0 Å². The van der Waals surface area contributed by atoms with Crippen LogP contribution in [0.4, 0.5) is 57.1 Å². The van der Waals surface area contributed by atoms with Crippen molar-refractivity contribution in [2.45, 2.75) is 37.8 Å². The third kappa shape index (κ3) is 5.22. The van der Waals surface area contributed by atoms with Crippen molar-refractivity contribution in [1.29, 1.82) is 0 Å². The fourth-order valence-electron chi connectivity index (χ4n) is 2.31. The van der Waals surface area contributed by atoms with Crippen molar-refractivity contribution < 1.29 is 57.1 Å². The van der Waals surface area contributed by atoms with Crippen LogP contribution in [-0.4, -0.2) is 47.8 Å². The molecule has 154 valence electrons. The average molecular weight is 416 g/mol. The molecule has 1 aliphatic rings. The fourth-order valence-corrected chi connectivity index (χ4v) is 2.31. The van der Waals surface area contributed by atoms with Gasteiger partial charge in [-0.25, -0.2) is 0 Å². The molecule has 0 aromatic heterocycles. The second-order valence-electron chi connectivity index (χ2n) is 5.21. The monoisotopic (exact) mass is 416 g/mol. The number of hydrogen-bond donors (Lipinski definition) is 0. The molecule has 0 bridgehead atoms. The molecule has 15 heteroatoms. The molecule has 0 N–H and O–H groups in total. The van der Waals surface area contributed by atoms with Gasteiger partial charge in [0.15, 0.2) is 5.82 Å². The number of nitrogens with zero attached hydrogens (tertiary/aromatic N) is 2. The number of rotatable bonds is 2. The van der Waals surface area contributed by atoms with Gasteiger partial charge in [0.25, 0.3) is 0 Å². The van der Waals surface area contributed by atoms with Crippen LogP contribution in [0.2, 0.25) is 0 Å². The molecular formula is C11H9F13N2. The molecule has 0 aromatic carbocycles. The van der Waals surface area contributed by atoms with E-state index in [4.69, 9.17) is 0 Å². The molecule has 26 heavy (non-hydrogen) atoms. The van der Waals surface area contributed by atoms with Gasteiger partial charge in [0, 0.05) is 13.1 Å². The molecule has 1 aliphatic heterocycles. The number of allylic oxidation sites excluding steroid dienone is 1. The van der Waals surface area contributed by atoms with Crippen LogP contribution in [0.1, 0.15) is 12.8 Å². The average Bonchev–Trinajstić information content (AvgIpc) is 2.39. The van der Waals surface area contributed by atoms with Crippen molar-refractivity contribution >= 4 is 0 Å². The molecule has 1 saturated heterocycles. The van der Waals surface area contributed by atoms with Crippen molar-refractivity contribution in [3.05, 3.63) is 11.6 Å². The Morgan fingerprint density at radius 1 is 0.731 bits per heavy atom. The fraction of sp³-hybridized carbons (Fsp3) is 0.818. The quantitative estimate of drug-likeness (QED) is 0.445. The standard InChI is InChI=1S/C11H9F13N2/c12-6(9(16,17)18)7(26(10(19,20)21)11(22,23)24)25-3-1-5(2-4-25)8(13,14)15/h5H,1-4H2/b7-6+. The Morgan fingerprint density at radius 2 is 1.12 bits per heavy atom. The maximum atomic E-state index is 13.4. The van der Waals surface area contributed by atoms with Gasteiger partial charge in [0.05, 0.1) is 5.92 Å². The summed E-state index contributed by atoms with van der Waals surface area (Å²) in [4.78, 5) is -3.04. The van der Waals surface area contributed by atoms with Crippen LogP contribution in [0.25, 0.3) is 0 Å². The summed E-state index contributed by atoms with van der Waals surface area (Å²) in [5.41, 5.74) is 0. The van der Waals surface area contributed by atoms with Gasteiger partial charge in [-0.15, -0.1) is 26.3 Å². The van der Waals surface area contributed by atoms with Gasteiger partial charge in [-0.2, -0.15) is 35.6 Å². The lowest BCUT2D eigenvalue weighted by molar-refractivity contribution is -0.367. The number of likely N-dealkylation sites (tertiary alicyclic amines) is 1. The van der Waals surface area contributed by atoms with Crippen LogP contribution in [-0.2, 0) is 0 Å². The Morgan fingerprint density at radius 3 is 1.38 bits per heavy atom. The zero-order valence-electron chi connectivity index (χ0n) is 12.2. The second kappa shape index (κ2) is 6.87. The van der Waals surface area contributed by atoms with E-state index in [1.165, 1.54) is 0 Å². The second-order valence-corrected chi connectivity index (χ2v) is 5.21. The van der Waals surface area contributed by atoms with E-state index in [-0.39, 0.29) is 4.90 Å². The number of alkyl halides is 12. The van der Waals surface area contributed by atoms with Crippen molar-refractivity contribution in [2.24, 2.45) is 5.92 Å². The van der Waals surface area contributed by atoms with E-state index < -0.39 is 73.3 Å². The van der Waals surface area contributed by atoms with Crippen molar-refractivity contribution in [3.63, 3.8) is 0 Å². The lowest BCUT2D eigenvalue weighted by Gasteiger charge is -2.41. The third-order valence-corrected chi connectivity index (χ3v) is 3.42. The summed E-state index contributed by atoms with van der Waals surface area (Å²) in [5.74, 6) is -8.78. The van der Waals surface area contributed by atoms with E-state index in [0.717, 1.165) is 0 Å². The molecule has 1 rings (SSSR count). The first-order valence-corrected chi connectivity index (χ1v) is 6.59. The smallest absolute Gasteiger partial charge is 0.355 e. The molecule has 0 aliphatic carbocycles. The molecule has 0 amide bonds. The van der Waals surface area contributed by atoms with Gasteiger partial charge in [-0.1, -0.05) is 0 Å². The highest BCUT2D eigenvalue weighted by Crippen LogP contribution is 2.44. The van der Waals surface area contributed by atoms with E-state index in [2.05, 4.69) is 0 Å².